The third kappa shape index (κ3) is 3.21. The second-order valence-corrected chi connectivity index (χ2v) is 18.3. The molecule has 116 valence electrons. The first kappa shape index (κ1) is 17.0. The van der Waals surface area contributed by atoms with Crippen molar-refractivity contribution in [2.24, 2.45) is 0 Å². The number of ether oxygens (including phenoxy) is 1. The van der Waals surface area contributed by atoms with Gasteiger partial charge in [0.15, 0.2) is 8.32 Å². The van der Waals surface area contributed by atoms with E-state index in [1.165, 1.54) is 6.42 Å². The lowest BCUT2D eigenvalue weighted by Gasteiger charge is -2.43. The van der Waals surface area contributed by atoms with Crippen molar-refractivity contribution in [2.45, 2.75) is 56.1 Å². The van der Waals surface area contributed by atoms with Crippen molar-refractivity contribution in [3.63, 3.8) is 0 Å². The minimum absolute atomic E-state index is 0.284. The summed E-state index contributed by atoms with van der Waals surface area (Å²) in [7, 11) is -2.37. The van der Waals surface area contributed by atoms with Crippen LogP contribution < -0.4 is 4.74 Å². The monoisotopic (exact) mass is 336 g/mol. The Morgan fingerprint density at radius 1 is 1.14 bits per heavy atom. The van der Waals surface area contributed by atoms with Gasteiger partial charge in [0.05, 0.1) is 6.10 Å². The molecule has 1 atom stereocenters. The molecule has 0 aliphatic carbocycles. The highest BCUT2D eigenvalue weighted by atomic mass is 28.4. The van der Waals surface area contributed by atoms with Crippen LogP contribution in [0.5, 0.6) is 5.75 Å². The first-order valence-electron chi connectivity index (χ1n) is 7.76. The lowest BCUT2D eigenvalue weighted by Crippen LogP contribution is -2.53. The highest BCUT2D eigenvalue weighted by Crippen LogP contribution is 2.53. The predicted octanol–water partition coefficient (Wildman–Crippen LogP) is 4.39. The third-order valence-corrected chi connectivity index (χ3v) is 21.5. The van der Waals surface area contributed by atoms with Gasteiger partial charge in [-0.05, 0) is 35.9 Å². The summed E-state index contributed by atoms with van der Waals surface area (Å²) in [5.41, 5.74) is 0. The summed E-state index contributed by atoms with van der Waals surface area (Å²) in [4.78, 5) is 0. The van der Waals surface area contributed by atoms with Crippen molar-refractivity contribution < 1.29 is 9.16 Å². The van der Waals surface area contributed by atoms with Crippen molar-refractivity contribution in [3.05, 3.63) is 30.3 Å². The first-order valence-corrected chi connectivity index (χ1v) is 15.7. The fourth-order valence-electron chi connectivity index (χ4n) is 4.06. The molecule has 2 nitrogen and oxygen atoms in total. The SMILES string of the molecule is C[Si](C)C1([Si](C)C)CC(COc2ccccc2)O[Si]1(C)C. The van der Waals surface area contributed by atoms with Crippen LogP contribution in [-0.2, 0) is 4.43 Å². The van der Waals surface area contributed by atoms with Crippen molar-refractivity contribution in [1.29, 1.82) is 0 Å². The maximum absolute atomic E-state index is 6.57. The van der Waals surface area contributed by atoms with Gasteiger partial charge >= 0.3 is 0 Å². The molecule has 0 spiro atoms. The highest BCUT2D eigenvalue weighted by Gasteiger charge is 2.59. The van der Waals surface area contributed by atoms with E-state index >= 15 is 0 Å². The van der Waals surface area contributed by atoms with E-state index in [1.54, 1.807) is 0 Å². The third-order valence-electron chi connectivity index (χ3n) is 4.91. The largest absolute Gasteiger partial charge is 0.491 e. The van der Waals surface area contributed by atoms with Crippen LogP contribution in [0.3, 0.4) is 0 Å². The minimum Gasteiger partial charge on any atom is -0.491 e. The summed E-state index contributed by atoms with van der Waals surface area (Å²) in [5, 5.41) is 0. The van der Waals surface area contributed by atoms with Crippen LogP contribution in [0.1, 0.15) is 6.42 Å². The maximum Gasteiger partial charge on any atom is 0.187 e. The van der Waals surface area contributed by atoms with E-state index in [1.807, 2.05) is 30.3 Å². The minimum atomic E-state index is -1.64. The van der Waals surface area contributed by atoms with Crippen LogP contribution in [0.15, 0.2) is 30.3 Å². The molecule has 21 heavy (non-hydrogen) atoms. The van der Waals surface area contributed by atoms with Gasteiger partial charge in [0.1, 0.15) is 12.4 Å². The molecule has 1 aromatic carbocycles. The van der Waals surface area contributed by atoms with Gasteiger partial charge in [-0.1, -0.05) is 44.4 Å². The Morgan fingerprint density at radius 2 is 1.71 bits per heavy atom. The Hall–Kier alpha value is -0.369. The molecule has 1 fully saturated rings. The van der Waals surface area contributed by atoms with E-state index in [9.17, 15) is 0 Å². The standard InChI is InChI=1S/C16H28O2Si3/c1-19(2)16(20(3)4)12-15(18-21(16,5)6)13-17-14-10-8-7-9-11-14/h7-11,15H,12-13H2,1-6H3. The number of rotatable bonds is 5. The maximum atomic E-state index is 6.57. The Bertz CT molecular complexity index is 452. The van der Waals surface area contributed by atoms with Gasteiger partial charge in [0, 0.05) is 17.6 Å². The summed E-state index contributed by atoms with van der Waals surface area (Å²) in [6, 6.07) is 10.1. The van der Waals surface area contributed by atoms with Gasteiger partial charge in [-0.15, -0.1) is 0 Å². The average Bonchev–Trinajstić information content (AvgIpc) is 2.69. The van der Waals surface area contributed by atoms with Crippen molar-refractivity contribution in [2.75, 3.05) is 6.61 Å². The molecule has 2 radical (unpaired) electrons. The number of hydrogen-bond acceptors (Lipinski definition) is 2. The summed E-state index contributed by atoms with van der Waals surface area (Å²) >= 11 is 0. The highest BCUT2D eigenvalue weighted by molar-refractivity contribution is 7.03. The van der Waals surface area contributed by atoms with E-state index in [0.717, 1.165) is 5.75 Å². The van der Waals surface area contributed by atoms with E-state index < -0.39 is 8.32 Å². The molecule has 1 saturated heterocycles. The van der Waals surface area contributed by atoms with Crippen molar-refractivity contribution in [1.82, 2.24) is 0 Å². The molecule has 1 unspecified atom stereocenters. The van der Waals surface area contributed by atoms with Crippen LogP contribution >= 0.6 is 0 Å². The molecule has 1 aliphatic rings. The topological polar surface area (TPSA) is 18.5 Å². The van der Waals surface area contributed by atoms with Gasteiger partial charge in [-0.3, -0.25) is 0 Å². The van der Waals surface area contributed by atoms with Gasteiger partial charge in [-0.2, -0.15) is 0 Å². The number of benzene rings is 1. The van der Waals surface area contributed by atoms with Gasteiger partial charge < -0.3 is 9.16 Å². The molecule has 1 aromatic rings. The fourth-order valence-corrected chi connectivity index (χ4v) is 21.2. The zero-order valence-corrected chi connectivity index (χ0v) is 17.2. The lowest BCUT2D eigenvalue weighted by atomic mass is 10.3. The fraction of sp³-hybridized carbons (Fsp3) is 0.625. The normalized spacial score (nSPS) is 23.7. The molecular formula is C16H28O2Si3. The van der Waals surface area contributed by atoms with E-state index in [-0.39, 0.29) is 23.7 Å². The summed E-state index contributed by atoms with van der Waals surface area (Å²) in [6.45, 7) is 15.5. The Kier molecular flexibility index (Phi) is 5.18. The average molecular weight is 337 g/mol. The Labute approximate surface area is 134 Å². The molecule has 0 bridgehead atoms. The summed E-state index contributed by atoms with van der Waals surface area (Å²) < 4.78 is 13.1. The Balaban J connectivity index is 2.08. The number of hydrogen-bond donors (Lipinski definition) is 0. The summed E-state index contributed by atoms with van der Waals surface area (Å²) in [5.74, 6) is 0.954. The molecule has 0 N–H and O–H groups in total. The lowest BCUT2D eigenvalue weighted by molar-refractivity contribution is 0.141. The van der Waals surface area contributed by atoms with E-state index in [4.69, 9.17) is 9.16 Å². The predicted molar refractivity (Wildman–Crippen MR) is 96.6 cm³/mol. The van der Waals surface area contributed by atoms with Gasteiger partial charge in [-0.25, -0.2) is 0 Å². The second-order valence-electron chi connectivity index (χ2n) is 6.98. The molecule has 2 rings (SSSR count). The molecule has 1 aliphatic heterocycles. The Morgan fingerprint density at radius 3 is 2.19 bits per heavy atom. The second kappa shape index (κ2) is 6.40. The van der Waals surface area contributed by atoms with Crippen LogP contribution in [0.25, 0.3) is 0 Å². The van der Waals surface area contributed by atoms with Gasteiger partial charge in [0.25, 0.3) is 0 Å². The van der Waals surface area contributed by atoms with E-state index in [0.29, 0.717) is 10.9 Å². The molecule has 1 heterocycles. The first-order chi connectivity index (χ1) is 9.79. The zero-order valence-electron chi connectivity index (χ0n) is 14.2. The molecular weight excluding hydrogens is 308 g/mol. The van der Waals surface area contributed by atoms with Crippen LogP contribution in [-0.4, -0.2) is 38.6 Å². The van der Waals surface area contributed by atoms with Crippen molar-refractivity contribution in [3.8, 4) is 5.75 Å². The molecule has 0 amide bonds. The molecule has 0 saturated carbocycles. The van der Waals surface area contributed by atoms with Gasteiger partial charge in [0.2, 0.25) is 0 Å². The smallest absolute Gasteiger partial charge is 0.187 e. The van der Waals surface area contributed by atoms with E-state index in [2.05, 4.69) is 39.3 Å². The molecule has 5 heteroatoms. The number of para-hydroxylation sites is 1. The molecule has 0 aromatic heterocycles. The zero-order chi connectivity index (χ0) is 15.7. The van der Waals surface area contributed by atoms with Crippen LogP contribution in [0.2, 0.25) is 43.6 Å². The van der Waals surface area contributed by atoms with Crippen LogP contribution in [0, 0.1) is 0 Å². The van der Waals surface area contributed by atoms with Crippen LogP contribution in [0.4, 0.5) is 0 Å². The quantitative estimate of drug-likeness (QED) is 0.743. The summed E-state index contributed by atoms with van der Waals surface area (Å²) in [6.07, 6.45) is 1.51. The van der Waals surface area contributed by atoms with Crippen molar-refractivity contribution >= 4 is 25.9 Å².